The Bertz CT molecular complexity index is 679. The van der Waals surface area contributed by atoms with Gasteiger partial charge in [-0.3, -0.25) is 0 Å². The van der Waals surface area contributed by atoms with Crippen LogP contribution in [0.3, 0.4) is 0 Å². The molecule has 3 heterocycles. The molecule has 3 nitrogen and oxygen atoms in total. The summed E-state index contributed by atoms with van der Waals surface area (Å²) < 4.78 is 2.71. The standard InChI is InChI=1S/C14H15N3S3/c1(6-15-9-3-4-9)2-13-16-17-14(20-13)12-8-11-10(19-12)5-7-18-11/h5,7-9,15H,1-4,6H2. The molecule has 1 aliphatic carbocycles. The van der Waals surface area contributed by atoms with Gasteiger partial charge >= 0.3 is 0 Å². The number of rotatable bonds is 6. The van der Waals surface area contributed by atoms with Crippen LogP contribution in [0.5, 0.6) is 0 Å². The van der Waals surface area contributed by atoms with Crippen LogP contribution in [-0.2, 0) is 6.42 Å². The van der Waals surface area contributed by atoms with Crippen LogP contribution in [0.2, 0.25) is 0 Å². The molecule has 3 aromatic rings. The van der Waals surface area contributed by atoms with Crippen LogP contribution < -0.4 is 5.32 Å². The van der Waals surface area contributed by atoms with Crippen molar-refractivity contribution in [3.05, 3.63) is 22.5 Å². The molecule has 0 atom stereocenters. The second kappa shape index (κ2) is 5.52. The lowest BCUT2D eigenvalue weighted by Gasteiger charge is -1.99. The Kier molecular flexibility index (Phi) is 3.56. The molecule has 0 aliphatic heterocycles. The second-order valence-electron chi connectivity index (χ2n) is 5.09. The molecule has 1 N–H and O–H groups in total. The molecule has 0 bridgehead atoms. The maximum Gasteiger partial charge on any atom is 0.157 e. The first-order valence-electron chi connectivity index (χ1n) is 6.92. The van der Waals surface area contributed by atoms with Crippen LogP contribution in [0.25, 0.3) is 19.3 Å². The van der Waals surface area contributed by atoms with Crippen molar-refractivity contribution >= 4 is 43.4 Å². The highest BCUT2D eigenvalue weighted by Gasteiger charge is 2.19. The first-order valence-corrected chi connectivity index (χ1v) is 9.43. The minimum atomic E-state index is 0.805. The zero-order valence-electron chi connectivity index (χ0n) is 11.0. The molecular weight excluding hydrogens is 306 g/mol. The fraction of sp³-hybridized carbons (Fsp3) is 0.429. The van der Waals surface area contributed by atoms with Crippen molar-refractivity contribution in [1.82, 2.24) is 15.5 Å². The number of thiophene rings is 2. The van der Waals surface area contributed by atoms with Gasteiger partial charge < -0.3 is 5.32 Å². The number of fused-ring (bicyclic) bond motifs is 1. The smallest absolute Gasteiger partial charge is 0.157 e. The van der Waals surface area contributed by atoms with E-state index in [2.05, 4.69) is 33.0 Å². The van der Waals surface area contributed by atoms with E-state index in [1.807, 2.05) is 11.3 Å². The Hall–Kier alpha value is -0.820. The highest BCUT2D eigenvalue weighted by molar-refractivity contribution is 7.30. The summed E-state index contributed by atoms with van der Waals surface area (Å²) in [6.07, 6.45) is 4.92. The van der Waals surface area contributed by atoms with Gasteiger partial charge in [0.25, 0.3) is 0 Å². The summed E-state index contributed by atoms with van der Waals surface area (Å²) in [7, 11) is 0. The van der Waals surface area contributed by atoms with Crippen LogP contribution in [0, 0.1) is 0 Å². The predicted molar refractivity (Wildman–Crippen MR) is 88.0 cm³/mol. The summed E-state index contributed by atoms with van der Waals surface area (Å²) in [6, 6.07) is 5.22. The number of aromatic nitrogens is 2. The van der Waals surface area contributed by atoms with Gasteiger partial charge in [0.2, 0.25) is 0 Å². The van der Waals surface area contributed by atoms with Crippen molar-refractivity contribution in [3.63, 3.8) is 0 Å². The Morgan fingerprint density at radius 3 is 3.00 bits per heavy atom. The molecule has 6 heteroatoms. The van der Waals surface area contributed by atoms with E-state index in [-0.39, 0.29) is 0 Å². The SMILES string of the molecule is c1cc2sc(-c3nnc(CCCNC4CC4)s3)cc2s1. The monoisotopic (exact) mass is 321 g/mol. The molecule has 0 radical (unpaired) electrons. The molecule has 0 amide bonds. The Morgan fingerprint density at radius 1 is 1.20 bits per heavy atom. The minimum absolute atomic E-state index is 0.805. The molecular formula is C14H15N3S3. The van der Waals surface area contributed by atoms with Gasteiger partial charge in [-0.1, -0.05) is 11.3 Å². The zero-order valence-corrected chi connectivity index (χ0v) is 13.4. The van der Waals surface area contributed by atoms with Crippen molar-refractivity contribution in [1.29, 1.82) is 0 Å². The quantitative estimate of drug-likeness (QED) is 0.693. The molecule has 1 aliphatic rings. The fourth-order valence-electron chi connectivity index (χ4n) is 2.16. The Labute approximate surface area is 129 Å². The van der Waals surface area contributed by atoms with Gasteiger partial charge in [0, 0.05) is 21.9 Å². The number of hydrogen-bond donors (Lipinski definition) is 1. The van der Waals surface area contributed by atoms with Crippen LogP contribution in [-0.4, -0.2) is 22.8 Å². The maximum atomic E-state index is 4.35. The number of hydrogen-bond acceptors (Lipinski definition) is 6. The Balaban J connectivity index is 1.40. The molecule has 0 saturated heterocycles. The van der Waals surface area contributed by atoms with E-state index in [4.69, 9.17) is 0 Å². The third-order valence-corrected chi connectivity index (χ3v) is 6.64. The summed E-state index contributed by atoms with van der Waals surface area (Å²) >= 11 is 5.35. The van der Waals surface area contributed by atoms with Gasteiger partial charge in [-0.2, -0.15) is 0 Å². The lowest BCUT2D eigenvalue weighted by molar-refractivity contribution is 0.643. The molecule has 1 saturated carbocycles. The molecule has 0 aromatic carbocycles. The highest BCUT2D eigenvalue weighted by Crippen LogP contribution is 2.37. The van der Waals surface area contributed by atoms with Crippen molar-refractivity contribution in [3.8, 4) is 9.88 Å². The molecule has 20 heavy (non-hydrogen) atoms. The first-order chi connectivity index (χ1) is 9.88. The van der Waals surface area contributed by atoms with Crippen molar-refractivity contribution < 1.29 is 0 Å². The van der Waals surface area contributed by atoms with Crippen molar-refractivity contribution in [2.75, 3.05) is 6.54 Å². The summed E-state index contributed by atoms with van der Waals surface area (Å²) in [5, 5.41) is 16.6. The van der Waals surface area contributed by atoms with Gasteiger partial charge in [0.1, 0.15) is 5.01 Å². The van der Waals surface area contributed by atoms with E-state index >= 15 is 0 Å². The normalized spacial score (nSPS) is 15.2. The van der Waals surface area contributed by atoms with E-state index in [1.54, 1.807) is 22.7 Å². The molecule has 1 fully saturated rings. The van der Waals surface area contributed by atoms with Gasteiger partial charge in [-0.05, 0) is 43.3 Å². The summed E-state index contributed by atoms with van der Waals surface area (Å²) in [6.45, 7) is 1.11. The van der Waals surface area contributed by atoms with Crippen LogP contribution in [0.4, 0.5) is 0 Å². The summed E-state index contributed by atoms with van der Waals surface area (Å²) in [4.78, 5) is 1.26. The average Bonchev–Trinajstić information content (AvgIpc) is 2.86. The molecule has 3 aromatic heterocycles. The van der Waals surface area contributed by atoms with Gasteiger partial charge in [-0.25, -0.2) is 0 Å². The lowest BCUT2D eigenvalue weighted by atomic mass is 10.3. The van der Waals surface area contributed by atoms with E-state index in [0.717, 1.165) is 35.4 Å². The van der Waals surface area contributed by atoms with Crippen LogP contribution in [0.15, 0.2) is 17.5 Å². The van der Waals surface area contributed by atoms with E-state index < -0.39 is 0 Å². The number of nitrogens with one attached hydrogen (secondary N) is 1. The number of nitrogens with zero attached hydrogens (tertiary/aromatic N) is 2. The van der Waals surface area contributed by atoms with Gasteiger partial charge in [0.05, 0.1) is 4.88 Å². The largest absolute Gasteiger partial charge is 0.314 e. The van der Waals surface area contributed by atoms with Crippen molar-refractivity contribution in [2.45, 2.75) is 31.7 Å². The zero-order chi connectivity index (χ0) is 13.4. The van der Waals surface area contributed by atoms with E-state index in [9.17, 15) is 0 Å². The first kappa shape index (κ1) is 12.9. The summed E-state index contributed by atoms with van der Waals surface area (Å²) in [5.74, 6) is 0. The van der Waals surface area contributed by atoms with Gasteiger partial charge in [-0.15, -0.1) is 32.9 Å². The van der Waals surface area contributed by atoms with E-state index in [0.29, 0.717) is 0 Å². The Morgan fingerprint density at radius 2 is 2.15 bits per heavy atom. The molecule has 104 valence electrons. The highest BCUT2D eigenvalue weighted by atomic mass is 32.1. The maximum absolute atomic E-state index is 4.35. The average molecular weight is 321 g/mol. The second-order valence-corrected chi connectivity index (χ2v) is 8.19. The third-order valence-electron chi connectivity index (χ3n) is 3.39. The fourth-order valence-corrected chi connectivity index (χ4v) is 5.19. The van der Waals surface area contributed by atoms with E-state index in [1.165, 1.54) is 27.1 Å². The lowest BCUT2D eigenvalue weighted by Crippen LogP contribution is -2.17. The molecule has 4 rings (SSSR count). The molecule has 0 unspecified atom stereocenters. The summed E-state index contributed by atoms with van der Waals surface area (Å²) in [5.41, 5.74) is 0. The topological polar surface area (TPSA) is 37.8 Å². The van der Waals surface area contributed by atoms with Crippen LogP contribution in [0.1, 0.15) is 24.3 Å². The van der Waals surface area contributed by atoms with Gasteiger partial charge in [0.15, 0.2) is 5.01 Å². The third kappa shape index (κ3) is 2.79. The number of aryl methyl sites for hydroxylation is 1. The minimum Gasteiger partial charge on any atom is -0.314 e. The predicted octanol–water partition coefficient (Wildman–Crippen LogP) is 4.17. The molecule has 0 spiro atoms. The van der Waals surface area contributed by atoms with Crippen molar-refractivity contribution in [2.24, 2.45) is 0 Å². The van der Waals surface area contributed by atoms with Crippen LogP contribution >= 0.6 is 34.0 Å².